The second-order valence-electron chi connectivity index (χ2n) is 10.2. The Labute approximate surface area is 223 Å². The minimum absolute atomic E-state index is 0.117. The molecule has 3 aromatic carbocycles. The van der Waals surface area contributed by atoms with E-state index in [2.05, 4.69) is 49.4 Å². The standard InChI is InChI=1S/C32H25FN2O4/c1-2-20-23-14-19(22-9-5-7-18-6-3-4-8-21(18)22)10-11-27(23)34-29-24(20)16-35-28(29)15-26-25(30(35)36)17-39-31(37)32(26,38)12-13-33/h3-11,14-15,38H,2,12-13,16-17H2,1H3. The lowest BCUT2D eigenvalue weighted by Crippen LogP contribution is -2.45. The summed E-state index contributed by atoms with van der Waals surface area (Å²) < 4.78 is 20.1. The van der Waals surface area contributed by atoms with Crippen LogP contribution in [0.25, 0.3) is 44.2 Å². The van der Waals surface area contributed by atoms with E-state index in [9.17, 15) is 19.1 Å². The van der Waals surface area contributed by atoms with Gasteiger partial charge in [-0.25, -0.2) is 9.78 Å². The zero-order valence-corrected chi connectivity index (χ0v) is 21.3. The third-order valence-corrected chi connectivity index (χ3v) is 8.20. The Kier molecular flexibility index (Phi) is 5.22. The van der Waals surface area contributed by atoms with Crippen molar-refractivity contribution in [2.75, 3.05) is 6.67 Å². The second kappa shape index (κ2) is 8.58. The Morgan fingerprint density at radius 3 is 2.67 bits per heavy atom. The molecule has 7 heteroatoms. The molecule has 1 unspecified atom stereocenters. The van der Waals surface area contributed by atoms with Gasteiger partial charge in [-0.1, -0.05) is 55.5 Å². The molecular formula is C32H25FN2O4. The Morgan fingerprint density at radius 2 is 1.85 bits per heavy atom. The van der Waals surface area contributed by atoms with Gasteiger partial charge in [0.15, 0.2) is 5.60 Å². The number of pyridine rings is 2. The van der Waals surface area contributed by atoms with Crippen LogP contribution >= 0.6 is 0 Å². The van der Waals surface area contributed by atoms with E-state index in [-0.39, 0.29) is 23.3 Å². The molecular weight excluding hydrogens is 495 g/mol. The van der Waals surface area contributed by atoms with Gasteiger partial charge in [-0.15, -0.1) is 0 Å². The topological polar surface area (TPSA) is 81.4 Å². The van der Waals surface area contributed by atoms with Crippen LogP contribution in [0, 0.1) is 0 Å². The summed E-state index contributed by atoms with van der Waals surface area (Å²) >= 11 is 0. The van der Waals surface area contributed by atoms with Crippen LogP contribution in [0.1, 0.15) is 35.6 Å². The predicted octanol–water partition coefficient (Wildman–Crippen LogP) is 5.41. The number of carbonyl (C=O) groups is 1. The molecule has 0 spiro atoms. The minimum atomic E-state index is -2.20. The molecule has 1 atom stereocenters. The van der Waals surface area contributed by atoms with Crippen molar-refractivity contribution in [3.8, 4) is 22.5 Å². The highest BCUT2D eigenvalue weighted by Gasteiger charge is 2.46. The molecule has 0 saturated carbocycles. The number of aliphatic hydroxyl groups is 1. The minimum Gasteiger partial charge on any atom is -0.458 e. The largest absolute Gasteiger partial charge is 0.458 e. The molecule has 7 rings (SSSR count). The van der Waals surface area contributed by atoms with Crippen molar-refractivity contribution in [1.29, 1.82) is 0 Å². The van der Waals surface area contributed by atoms with Gasteiger partial charge in [0.05, 0.1) is 35.7 Å². The number of ether oxygens (including phenoxy) is 1. The molecule has 2 aromatic heterocycles. The summed E-state index contributed by atoms with van der Waals surface area (Å²) in [5, 5.41) is 14.5. The molecule has 0 bridgehead atoms. The van der Waals surface area contributed by atoms with E-state index in [1.807, 2.05) is 18.2 Å². The Hall–Kier alpha value is -4.36. The SMILES string of the molecule is CCc1c2c(nc3ccc(-c4cccc5ccccc45)cc13)-c1cc3c(c(=O)n1C2)COC(=O)C3(O)CCF. The van der Waals surface area contributed by atoms with Crippen LogP contribution in [0.15, 0.2) is 71.5 Å². The number of carbonyl (C=O) groups excluding carboxylic acids is 1. The summed E-state index contributed by atoms with van der Waals surface area (Å²) in [6.45, 7) is 1.24. The van der Waals surface area contributed by atoms with Gasteiger partial charge in [-0.2, -0.15) is 0 Å². The van der Waals surface area contributed by atoms with Gasteiger partial charge in [0.25, 0.3) is 5.56 Å². The molecule has 0 saturated heterocycles. The van der Waals surface area contributed by atoms with Crippen molar-refractivity contribution in [3.63, 3.8) is 0 Å². The Balaban J connectivity index is 1.44. The van der Waals surface area contributed by atoms with Crippen LogP contribution in [-0.4, -0.2) is 27.3 Å². The fraction of sp³-hybridized carbons (Fsp3) is 0.219. The number of alkyl halides is 1. The first-order valence-electron chi connectivity index (χ1n) is 13.1. The quantitative estimate of drug-likeness (QED) is 0.314. The van der Waals surface area contributed by atoms with E-state index in [0.717, 1.165) is 39.6 Å². The van der Waals surface area contributed by atoms with Crippen molar-refractivity contribution >= 4 is 27.6 Å². The molecule has 0 radical (unpaired) electrons. The van der Waals surface area contributed by atoms with Crippen LogP contribution in [0.3, 0.4) is 0 Å². The maximum Gasteiger partial charge on any atom is 0.343 e. The summed E-state index contributed by atoms with van der Waals surface area (Å²) in [5.74, 6) is -0.933. The summed E-state index contributed by atoms with van der Waals surface area (Å²) in [6, 6.07) is 22.5. The number of hydrogen-bond acceptors (Lipinski definition) is 5. The number of esters is 1. The average molecular weight is 521 g/mol. The molecule has 194 valence electrons. The number of cyclic esters (lactones) is 1. The van der Waals surface area contributed by atoms with Crippen LogP contribution in [0.5, 0.6) is 0 Å². The number of hydrogen-bond donors (Lipinski definition) is 1. The highest BCUT2D eigenvalue weighted by molar-refractivity contribution is 5.99. The van der Waals surface area contributed by atoms with E-state index < -0.39 is 24.7 Å². The Morgan fingerprint density at radius 1 is 1.03 bits per heavy atom. The molecule has 4 heterocycles. The third-order valence-electron chi connectivity index (χ3n) is 8.20. The molecule has 0 amide bonds. The van der Waals surface area contributed by atoms with Gasteiger partial charge in [0.1, 0.15) is 6.61 Å². The molecule has 39 heavy (non-hydrogen) atoms. The smallest absolute Gasteiger partial charge is 0.343 e. The molecule has 2 aliphatic heterocycles. The third kappa shape index (κ3) is 3.32. The number of fused-ring (bicyclic) bond motifs is 6. The van der Waals surface area contributed by atoms with Gasteiger partial charge in [0.2, 0.25) is 0 Å². The molecule has 1 N–H and O–H groups in total. The van der Waals surface area contributed by atoms with Crippen LogP contribution < -0.4 is 5.56 Å². The van der Waals surface area contributed by atoms with Gasteiger partial charge in [-0.3, -0.25) is 9.18 Å². The Bertz CT molecular complexity index is 1910. The van der Waals surface area contributed by atoms with Crippen LogP contribution in [-0.2, 0) is 34.7 Å². The lowest BCUT2D eigenvalue weighted by molar-refractivity contribution is -0.173. The summed E-state index contributed by atoms with van der Waals surface area (Å²) in [7, 11) is 0. The monoisotopic (exact) mass is 520 g/mol. The lowest BCUT2D eigenvalue weighted by atomic mass is 9.85. The number of benzene rings is 3. The summed E-state index contributed by atoms with van der Waals surface area (Å²) in [5.41, 5.74) is 4.00. The summed E-state index contributed by atoms with van der Waals surface area (Å²) in [4.78, 5) is 31.0. The molecule has 5 aromatic rings. The lowest BCUT2D eigenvalue weighted by Gasteiger charge is -2.32. The summed E-state index contributed by atoms with van der Waals surface area (Å²) in [6.07, 6.45) is 0.257. The molecule has 6 nitrogen and oxygen atoms in total. The van der Waals surface area contributed by atoms with E-state index in [1.165, 1.54) is 10.8 Å². The van der Waals surface area contributed by atoms with Gasteiger partial charge >= 0.3 is 5.97 Å². The second-order valence-corrected chi connectivity index (χ2v) is 10.2. The first-order chi connectivity index (χ1) is 18.9. The number of aromatic nitrogens is 2. The normalized spacial score (nSPS) is 17.7. The number of aryl methyl sites for hydroxylation is 1. The van der Waals surface area contributed by atoms with Gasteiger partial charge in [0, 0.05) is 22.9 Å². The van der Waals surface area contributed by atoms with Crippen molar-refractivity contribution in [2.45, 2.75) is 38.5 Å². The van der Waals surface area contributed by atoms with Crippen molar-refractivity contribution < 1.29 is 19.0 Å². The van der Waals surface area contributed by atoms with Crippen LogP contribution in [0.2, 0.25) is 0 Å². The molecule has 2 aliphatic rings. The molecule has 0 fully saturated rings. The maximum atomic E-state index is 13.6. The fourth-order valence-electron chi connectivity index (χ4n) is 6.25. The maximum absolute atomic E-state index is 13.6. The molecule has 0 aliphatic carbocycles. The van der Waals surface area contributed by atoms with Crippen molar-refractivity contribution in [2.24, 2.45) is 0 Å². The van der Waals surface area contributed by atoms with E-state index in [0.29, 0.717) is 17.9 Å². The first-order valence-corrected chi connectivity index (χ1v) is 13.1. The van der Waals surface area contributed by atoms with E-state index in [4.69, 9.17) is 9.72 Å². The predicted molar refractivity (Wildman–Crippen MR) is 147 cm³/mol. The van der Waals surface area contributed by atoms with E-state index >= 15 is 0 Å². The number of nitrogens with zero attached hydrogens (tertiary/aromatic N) is 2. The highest BCUT2D eigenvalue weighted by atomic mass is 19.1. The fourth-order valence-corrected chi connectivity index (χ4v) is 6.25. The van der Waals surface area contributed by atoms with Gasteiger partial charge < -0.3 is 14.4 Å². The number of rotatable bonds is 4. The first kappa shape index (κ1) is 23.7. The zero-order chi connectivity index (χ0) is 26.9. The highest BCUT2D eigenvalue weighted by Crippen LogP contribution is 2.41. The average Bonchev–Trinajstić information content (AvgIpc) is 3.32. The van der Waals surface area contributed by atoms with Gasteiger partial charge in [-0.05, 0) is 52.1 Å². The van der Waals surface area contributed by atoms with Crippen molar-refractivity contribution in [1.82, 2.24) is 9.55 Å². The van der Waals surface area contributed by atoms with E-state index in [1.54, 1.807) is 10.6 Å². The van der Waals surface area contributed by atoms with Crippen molar-refractivity contribution in [3.05, 3.63) is 99.3 Å². The number of halogens is 1. The van der Waals surface area contributed by atoms with Crippen LogP contribution in [0.4, 0.5) is 4.39 Å². The zero-order valence-electron chi connectivity index (χ0n) is 21.3.